The molecule has 0 aliphatic heterocycles. The molecule has 3 aromatic rings. The highest BCUT2D eigenvalue weighted by Gasteiger charge is 2.06. The minimum Gasteiger partial charge on any atom is -0.267 e. The maximum absolute atomic E-state index is 4.42. The summed E-state index contributed by atoms with van der Waals surface area (Å²) in [6, 6.07) is 12.8. The van der Waals surface area contributed by atoms with E-state index < -0.39 is 0 Å². The molecule has 15 heavy (non-hydrogen) atoms. The monoisotopic (exact) mass is 308 g/mol. The molecule has 0 unspecified atom stereocenters. The lowest BCUT2D eigenvalue weighted by Crippen LogP contribution is -1.89. The second-order valence-electron chi connectivity index (χ2n) is 3.63. The van der Waals surface area contributed by atoms with E-state index in [0.29, 0.717) is 0 Å². The largest absolute Gasteiger partial charge is 0.267 e. The van der Waals surface area contributed by atoms with Crippen LogP contribution in [-0.4, -0.2) is 9.78 Å². The van der Waals surface area contributed by atoms with E-state index >= 15 is 0 Å². The van der Waals surface area contributed by atoms with Crippen molar-refractivity contribution in [3.63, 3.8) is 0 Å². The third-order valence-electron chi connectivity index (χ3n) is 2.67. The lowest BCUT2D eigenvalue weighted by Gasteiger charge is -1.98. The standard InChI is InChI=1S/C12H9IN2/c1-15-11-7-9-5-3-2-4-8(9)6-10(11)12(13)14-15/h2-7H,1H3. The highest BCUT2D eigenvalue weighted by atomic mass is 127. The molecule has 2 nitrogen and oxygen atoms in total. The zero-order chi connectivity index (χ0) is 10.4. The number of fused-ring (bicyclic) bond motifs is 2. The van der Waals surface area contributed by atoms with E-state index in [2.05, 4.69) is 64.1 Å². The van der Waals surface area contributed by atoms with Gasteiger partial charge in [0.15, 0.2) is 0 Å². The Kier molecular flexibility index (Phi) is 1.95. The van der Waals surface area contributed by atoms with E-state index in [0.717, 1.165) is 3.70 Å². The van der Waals surface area contributed by atoms with Crippen LogP contribution in [0.5, 0.6) is 0 Å². The van der Waals surface area contributed by atoms with Crippen molar-refractivity contribution < 1.29 is 0 Å². The van der Waals surface area contributed by atoms with Gasteiger partial charge in [0.2, 0.25) is 0 Å². The summed E-state index contributed by atoms with van der Waals surface area (Å²) in [7, 11) is 1.99. The summed E-state index contributed by atoms with van der Waals surface area (Å²) in [4.78, 5) is 0. The van der Waals surface area contributed by atoms with Crippen LogP contribution < -0.4 is 0 Å². The van der Waals surface area contributed by atoms with Crippen LogP contribution in [0.15, 0.2) is 36.4 Å². The molecule has 3 rings (SSSR count). The first-order valence-corrected chi connectivity index (χ1v) is 5.84. The van der Waals surface area contributed by atoms with Crippen LogP contribution in [0, 0.1) is 3.70 Å². The van der Waals surface area contributed by atoms with E-state index in [1.165, 1.54) is 21.7 Å². The Morgan fingerprint density at radius 3 is 2.53 bits per heavy atom. The summed E-state index contributed by atoms with van der Waals surface area (Å²) in [6.45, 7) is 0. The van der Waals surface area contributed by atoms with Gasteiger partial charge < -0.3 is 0 Å². The van der Waals surface area contributed by atoms with Crippen LogP contribution >= 0.6 is 22.6 Å². The van der Waals surface area contributed by atoms with Gasteiger partial charge in [-0.15, -0.1) is 0 Å². The Balaban J connectivity index is 2.55. The summed E-state index contributed by atoms with van der Waals surface area (Å²) in [5.74, 6) is 0. The maximum atomic E-state index is 4.42. The second-order valence-corrected chi connectivity index (χ2v) is 4.65. The summed E-state index contributed by atoms with van der Waals surface area (Å²) in [6.07, 6.45) is 0. The molecule has 0 aliphatic carbocycles. The number of nitrogens with zero attached hydrogens (tertiary/aromatic N) is 2. The van der Waals surface area contributed by atoms with Gasteiger partial charge in [0.05, 0.1) is 5.52 Å². The summed E-state index contributed by atoms with van der Waals surface area (Å²) in [5, 5.41) is 8.19. The topological polar surface area (TPSA) is 17.8 Å². The van der Waals surface area contributed by atoms with Crippen LogP contribution in [0.25, 0.3) is 21.7 Å². The fourth-order valence-corrected chi connectivity index (χ4v) is 2.66. The van der Waals surface area contributed by atoms with E-state index in [1.54, 1.807) is 0 Å². The molecule has 0 aliphatic rings. The first kappa shape index (κ1) is 9.15. The molecule has 0 saturated heterocycles. The van der Waals surface area contributed by atoms with Crippen LogP contribution in [-0.2, 0) is 7.05 Å². The van der Waals surface area contributed by atoms with Gasteiger partial charge in [-0.2, -0.15) is 5.10 Å². The fourth-order valence-electron chi connectivity index (χ4n) is 1.90. The number of benzene rings is 2. The van der Waals surface area contributed by atoms with E-state index in [9.17, 15) is 0 Å². The van der Waals surface area contributed by atoms with Crippen LogP contribution in [0.3, 0.4) is 0 Å². The Morgan fingerprint density at radius 1 is 1.13 bits per heavy atom. The van der Waals surface area contributed by atoms with Gasteiger partial charge in [-0.05, 0) is 45.5 Å². The van der Waals surface area contributed by atoms with Gasteiger partial charge in [0, 0.05) is 12.4 Å². The van der Waals surface area contributed by atoms with Crippen LogP contribution in [0.2, 0.25) is 0 Å². The third kappa shape index (κ3) is 1.33. The molecule has 2 aromatic carbocycles. The zero-order valence-electron chi connectivity index (χ0n) is 8.24. The number of hydrogen-bond donors (Lipinski definition) is 0. The molecule has 0 spiro atoms. The minimum atomic E-state index is 1.07. The minimum absolute atomic E-state index is 1.07. The maximum Gasteiger partial charge on any atom is 0.131 e. The number of hydrogen-bond acceptors (Lipinski definition) is 1. The van der Waals surface area contributed by atoms with Crippen molar-refractivity contribution in [2.45, 2.75) is 0 Å². The normalized spacial score (nSPS) is 11.3. The number of rotatable bonds is 0. The highest BCUT2D eigenvalue weighted by Crippen LogP contribution is 2.25. The van der Waals surface area contributed by atoms with Crippen molar-refractivity contribution in [3.05, 3.63) is 40.1 Å². The van der Waals surface area contributed by atoms with Crippen molar-refractivity contribution in [1.82, 2.24) is 9.78 Å². The number of aromatic nitrogens is 2. The van der Waals surface area contributed by atoms with Crippen molar-refractivity contribution in [3.8, 4) is 0 Å². The van der Waals surface area contributed by atoms with Crippen molar-refractivity contribution in [1.29, 1.82) is 0 Å². The van der Waals surface area contributed by atoms with Gasteiger partial charge in [0.1, 0.15) is 3.70 Å². The molecule has 74 valence electrons. The molecular formula is C12H9IN2. The lowest BCUT2D eigenvalue weighted by molar-refractivity contribution is 0.788. The summed E-state index contributed by atoms with van der Waals surface area (Å²) >= 11 is 2.28. The SMILES string of the molecule is Cn1nc(I)c2cc3ccccc3cc21. The average molecular weight is 308 g/mol. The van der Waals surface area contributed by atoms with Crippen LogP contribution in [0.1, 0.15) is 0 Å². The Hall–Kier alpha value is -1.10. The molecule has 0 saturated carbocycles. The summed E-state index contributed by atoms with van der Waals surface area (Å²) in [5.41, 5.74) is 1.19. The smallest absolute Gasteiger partial charge is 0.131 e. The molecule has 0 radical (unpaired) electrons. The van der Waals surface area contributed by atoms with Gasteiger partial charge in [-0.25, -0.2) is 0 Å². The van der Waals surface area contributed by atoms with Gasteiger partial charge >= 0.3 is 0 Å². The molecule has 0 fully saturated rings. The molecule has 1 aromatic heterocycles. The van der Waals surface area contributed by atoms with Crippen molar-refractivity contribution >= 4 is 44.3 Å². The number of aryl methyl sites for hydroxylation is 1. The quantitative estimate of drug-likeness (QED) is 0.583. The average Bonchev–Trinajstić information content (AvgIpc) is 2.52. The predicted octanol–water partition coefficient (Wildman–Crippen LogP) is 3.33. The third-order valence-corrected chi connectivity index (χ3v) is 3.47. The predicted molar refractivity (Wildman–Crippen MR) is 70.9 cm³/mol. The van der Waals surface area contributed by atoms with Crippen LogP contribution in [0.4, 0.5) is 0 Å². The second kappa shape index (κ2) is 3.20. The molecule has 3 heteroatoms. The van der Waals surface area contributed by atoms with Gasteiger partial charge in [0.25, 0.3) is 0 Å². The highest BCUT2D eigenvalue weighted by molar-refractivity contribution is 14.1. The Labute approximate surface area is 101 Å². The van der Waals surface area contributed by atoms with E-state index in [4.69, 9.17) is 0 Å². The Bertz CT molecular complexity index is 600. The number of halogens is 1. The first-order chi connectivity index (χ1) is 7.25. The Morgan fingerprint density at radius 2 is 1.80 bits per heavy atom. The summed E-state index contributed by atoms with van der Waals surface area (Å²) < 4.78 is 3.00. The molecule has 0 N–H and O–H groups in total. The van der Waals surface area contributed by atoms with E-state index in [-0.39, 0.29) is 0 Å². The molecule has 1 heterocycles. The van der Waals surface area contributed by atoms with Crippen molar-refractivity contribution in [2.75, 3.05) is 0 Å². The molecule has 0 bridgehead atoms. The van der Waals surface area contributed by atoms with Gasteiger partial charge in [-0.1, -0.05) is 24.3 Å². The molecule has 0 atom stereocenters. The fraction of sp³-hybridized carbons (Fsp3) is 0.0833. The molecular weight excluding hydrogens is 299 g/mol. The van der Waals surface area contributed by atoms with Gasteiger partial charge in [-0.3, -0.25) is 4.68 Å². The molecule has 0 amide bonds. The zero-order valence-corrected chi connectivity index (χ0v) is 10.4. The first-order valence-electron chi connectivity index (χ1n) is 4.77. The van der Waals surface area contributed by atoms with Crippen molar-refractivity contribution in [2.24, 2.45) is 7.05 Å². The van der Waals surface area contributed by atoms with E-state index in [1.807, 2.05) is 11.7 Å². The lowest BCUT2D eigenvalue weighted by atomic mass is 10.1.